The normalized spacial score (nSPS) is 14.4. The van der Waals surface area contributed by atoms with Gasteiger partial charge in [-0.3, -0.25) is 4.79 Å². The van der Waals surface area contributed by atoms with Gasteiger partial charge in [-0.1, -0.05) is 60.0 Å². The van der Waals surface area contributed by atoms with E-state index in [-0.39, 0.29) is 22.0 Å². The molecule has 1 atom stereocenters. The summed E-state index contributed by atoms with van der Waals surface area (Å²) in [7, 11) is 3.29. The number of carbonyl (C=O) groups is 2. The highest BCUT2D eigenvalue weighted by atomic mass is 35.5. The molecular weight excluding hydrogens is 551 g/mol. The second-order valence-electron chi connectivity index (χ2n) is 9.89. The molecule has 212 valence electrons. The van der Waals surface area contributed by atoms with Crippen LogP contribution in [-0.4, -0.2) is 61.8 Å². The Morgan fingerprint density at radius 3 is 2.08 bits per heavy atom. The summed E-state index contributed by atoms with van der Waals surface area (Å²) in [5.74, 6) is -0.375. The Morgan fingerprint density at radius 1 is 0.925 bits per heavy atom. The number of piperidine rings is 1. The molecule has 0 spiro atoms. The molecule has 3 aromatic rings. The van der Waals surface area contributed by atoms with Crippen LogP contribution in [0.2, 0.25) is 10.0 Å². The number of hydrogen-bond acceptors (Lipinski definition) is 5. The van der Waals surface area contributed by atoms with Gasteiger partial charge in [0.2, 0.25) is 0 Å². The average Bonchev–Trinajstić information content (AvgIpc) is 2.96. The molecule has 2 N–H and O–H groups in total. The topological polar surface area (TPSA) is 88.1 Å². The fourth-order valence-corrected chi connectivity index (χ4v) is 5.62. The highest BCUT2D eigenvalue weighted by Crippen LogP contribution is 2.40. The van der Waals surface area contributed by atoms with Crippen LogP contribution in [0.15, 0.2) is 54.6 Å². The summed E-state index contributed by atoms with van der Waals surface area (Å²) in [5.41, 5.74) is 3.63. The predicted molar refractivity (Wildman–Crippen MR) is 158 cm³/mol. The van der Waals surface area contributed by atoms with Crippen LogP contribution >= 0.6 is 23.2 Å². The summed E-state index contributed by atoms with van der Waals surface area (Å²) in [6.07, 6.45) is 4.82. The lowest BCUT2D eigenvalue weighted by molar-refractivity contribution is -0.139. The molecule has 0 bridgehead atoms. The van der Waals surface area contributed by atoms with E-state index in [0.717, 1.165) is 48.3 Å². The van der Waals surface area contributed by atoms with E-state index < -0.39 is 17.9 Å². The average molecular weight is 586 g/mol. The molecule has 1 amide bonds. The number of methoxy groups -OCH3 is 2. The van der Waals surface area contributed by atoms with E-state index in [1.165, 1.54) is 31.4 Å². The van der Waals surface area contributed by atoms with Crippen LogP contribution in [0.3, 0.4) is 0 Å². The predicted octanol–water partition coefficient (Wildman–Crippen LogP) is 6.13. The third kappa shape index (κ3) is 7.27. The summed E-state index contributed by atoms with van der Waals surface area (Å²) in [6, 6.07) is 15.1. The number of carboxylic acid groups (broad SMARTS) is 1. The highest BCUT2D eigenvalue weighted by Gasteiger charge is 2.24. The van der Waals surface area contributed by atoms with E-state index in [2.05, 4.69) is 22.3 Å². The van der Waals surface area contributed by atoms with Crippen molar-refractivity contribution >= 4 is 35.1 Å². The molecular formula is C31H34Cl2N2O5. The Labute approximate surface area is 245 Å². The van der Waals surface area contributed by atoms with Crippen molar-refractivity contribution in [1.29, 1.82) is 0 Å². The number of amides is 1. The van der Waals surface area contributed by atoms with Crippen molar-refractivity contribution in [2.75, 3.05) is 33.9 Å². The van der Waals surface area contributed by atoms with Gasteiger partial charge in [0, 0.05) is 13.0 Å². The number of carbonyl (C=O) groups excluding carboxylic acids is 1. The summed E-state index contributed by atoms with van der Waals surface area (Å²) in [6.45, 7) is 3.31. The van der Waals surface area contributed by atoms with Gasteiger partial charge < -0.3 is 24.8 Å². The van der Waals surface area contributed by atoms with Gasteiger partial charge in [0.1, 0.15) is 17.5 Å². The number of rotatable bonds is 11. The summed E-state index contributed by atoms with van der Waals surface area (Å²) in [5, 5.41) is 12.6. The number of nitrogens with one attached hydrogen (secondary N) is 1. The van der Waals surface area contributed by atoms with Gasteiger partial charge in [0.25, 0.3) is 5.91 Å². The van der Waals surface area contributed by atoms with E-state index in [0.29, 0.717) is 11.5 Å². The van der Waals surface area contributed by atoms with Crippen LogP contribution in [0.4, 0.5) is 0 Å². The Morgan fingerprint density at radius 2 is 1.52 bits per heavy atom. The maximum Gasteiger partial charge on any atom is 0.326 e. The Balaban J connectivity index is 1.50. The van der Waals surface area contributed by atoms with Crippen LogP contribution in [-0.2, 0) is 17.6 Å². The maximum absolute atomic E-state index is 12.8. The van der Waals surface area contributed by atoms with E-state index in [1.807, 2.05) is 24.3 Å². The first kappa shape index (κ1) is 29.7. The second kappa shape index (κ2) is 13.9. The Kier molecular flexibility index (Phi) is 10.3. The van der Waals surface area contributed by atoms with E-state index in [4.69, 9.17) is 32.7 Å². The smallest absolute Gasteiger partial charge is 0.326 e. The lowest BCUT2D eigenvalue weighted by Gasteiger charge is -2.26. The number of aliphatic carboxylic acids is 1. The monoisotopic (exact) mass is 584 g/mol. The first-order valence-corrected chi connectivity index (χ1v) is 14.1. The minimum Gasteiger partial charge on any atom is -0.496 e. The number of hydrogen-bond donors (Lipinski definition) is 2. The first-order chi connectivity index (χ1) is 19.3. The zero-order valence-corrected chi connectivity index (χ0v) is 24.2. The molecule has 1 aliphatic heterocycles. The third-order valence-corrected chi connectivity index (χ3v) is 7.84. The molecule has 0 aliphatic carbocycles. The zero-order valence-electron chi connectivity index (χ0n) is 22.7. The summed E-state index contributed by atoms with van der Waals surface area (Å²) < 4.78 is 11.5. The molecule has 4 rings (SSSR count). The summed E-state index contributed by atoms with van der Waals surface area (Å²) >= 11 is 12.2. The van der Waals surface area contributed by atoms with Gasteiger partial charge in [-0.25, -0.2) is 4.79 Å². The van der Waals surface area contributed by atoms with Crippen molar-refractivity contribution in [3.63, 3.8) is 0 Å². The van der Waals surface area contributed by atoms with Gasteiger partial charge in [-0.2, -0.15) is 0 Å². The van der Waals surface area contributed by atoms with Crippen molar-refractivity contribution in [1.82, 2.24) is 10.2 Å². The lowest BCUT2D eigenvalue weighted by Crippen LogP contribution is -2.42. The molecule has 1 heterocycles. The molecule has 40 heavy (non-hydrogen) atoms. The van der Waals surface area contributed by atoms with Gasteiger partial charge in [0.05, 0.1) is 35.4 Å². The van der Waals surface area contributed by atoms with E-state index in [9.17, 15) is 14.7 Å². The van der Waals surface area contributed by atoms with Crippen LogP contribution in [0.5, 0.6) is 11.5 Å². The lowest BCUT2D eigenvalue weighted by atomic mass is 9.97. The number of nitrogens with zero attached hydrogens (tertiary/aromatic N) is 1. The van der Waals surface area contributed by atoms with Crippen LogP contribution < -0.4 is 14.8 Å². The molecule has 0 aromatic heterocycles. The van der Waals surface area contributed by atoms with Gasteiger partial charge in [-0.05, 0) is 73.3 Å². The minimum absolute atomic E-state index is 0.0472. The third-order valence-electron chi connectivity index (χ3n) is 7.21. The first-order valence-electron chi connectivity index (χ1n) is 13.3. The quantitative estimate of drug-likeness (QED) is 0.282. The van der Waals surface area contributed by atoms with Crippen molar-refractivity contribution in [3.8, 4) is 22.6 Å². The summed E-state index contributed by atoms with van der Waals surface area (Å²) in [4.78, 5) is 27.2. The largest absolute Gasteiger partial charge is 0.496 e. The molecule has 3 aromatic carbocycles. The number of likely N-dealkylation sites (tertiary alicyclic amines) is 1. The van der Waals surface area contributed by atoms with Crippen molar-refractivity contribution in [3.05, 3.63) is 81.3 Å². The standard InChI is InChI=1S/C31H34Cl2N2O5/c1-39-26-18-21(13-16-35-14-4-3-5-15-35)19-27(40-2)28(26)22-11-9-20(10-12-22)17-25(31(37)38)34-30(36)29-23(32)7-6-8-24(29)33/h6-12,18-19,25H,3-5,13-17H2,1-2H3,(H,34,36)(H,37,38)/t25-/m0/s1. The van der Waals surface area contributed by atoms with Crippen molar-refractivity contribution in [2.24, 2.45) is 0 Å². The molecule has 1 aliphatic rings. The SMILES string of the molecule is COc1cc(CCN2CCCCC2)cc(OC)c1-c1ccc(C[C@H](NC(=O)c2c(Cl)cccc2Cl)C(=O)O)cc1. The molecule has 0 unspecified atom stereocenters. The molecule has 9 heteroatoms. The van der Waals surface area contributed by atoms with Crippen LogP contribution in [0.25, 0.3) is 11.1 Å². The highest BCUT2D eigenvalue weighted by molar-refractivity contribution is 6.39. The zero-order chi connectivity index (χ0) is 28.6. The van der Waals surface area contributed by atoms with Crippen molar-refractivity contribution < 1.29 is 24.2 Å². The minimum atomic E-state index is -1.17. The molecule has 7 nitrogen and oxygen atoms in total. The number of ether oxygens (including phenoxy) is 2. The maximum atomic E-state index is 12.8. The van der Waals surface area contributed by atoms with Gasteiger partial charge >= 0.3 is 5.97 Å². The number of benzene rings is 3. The molecule has 1 saturated heterocycles. The number of carboxylic acids is 1. The van der Waals surface area contributed by atoms with Gasteiger partial charge in [0.15, 0.2) is 0 Å². The van der Waals surface area contributed by atoms with E-state index in [1.54, 1.807) is 20.3 Å². The van der Waals surface area contributed by atoms with Crippen LogP contribution in [0.1, 0.15) is 40.7 Å². The fraction of sp³-hybridized carbons (Fsp3) is 0.355. The molecule has 1 fully saturated rings. The van der Waals surface area contributed by atoms with E-state index >= 15 is 0 Å². The molecule has 0 radical (unpaired) electrons. The van der Waals surface area contributed by atoms with Crippen LogP contribution in [0, 0.1) is 0 Å². The fourth-order valence-electron chi connectivity index (χ4n) is 5.05. The second-order valence-corrected chi connectivity index (χ2v) is 10.7. The van der Waals surface area contributed by atoms with Gasteiger partial charge in [-0.15, -0.1) is 0 Å². The molecule has 0 saturated carbocycles. The number of halogens is 2. The Hall–Kier alpha value is -3.26. The van der Waals surface area contributed by atoms with Crippen molar-refractivity contribution in [2.45, 2.75) is 38.1 Å². The Bertz CT molecular complexity index is 1290.